The normalized spacial score (nSPS) is 39.9. The molecule has 0 radical (unpaired) electrons. The number of halogens is 1. The lowest BCUT2D eigenvalue weighted by molar-refractivity contribution is -0.351. The molecule has 6 aliphatic rings. The number of likely N-dealkylation sites (N-methyl/N-ethyl adjacent to an activating group) is 1. The predicted octanol–water partition coefficient (Wildman–Crippen LogP) is -2.98. The average molecular weight is 1420 g/mol. The lowest BCUT2D eigenvalue weighted by atomic mass is 9.94. The van der Waals surface area contributed by atoms with Crippen LogP contribution >= 0.6 is 0 Å². The molecule has 30 unspecified atom stereocenters. The smallest absolute Gasteiger partial charge is 0.247 e. The molecule has 6 fully saturated rings. The van der Waals surface area contributed by atoms with E-state index >= 15 is 0 Å². The van der Waals surface area contributed by atoms with Crippen LogP contribution in [0.5, 0.6) is 0 Å². The lowest BCUT2D eigenvalue weighted by Crippen LogP contribution is -2.65. The van der Waals surface area contributed by atoms with Crippen LogP contribution in [-0.2, 0) is 123 Å². The number of rotatable bonds is 33. The molecule has 0 spiro atoms. The van der Waals surface area contributed by atoms with Crippen LogP contribution < -0.4 is 5.32 Å². The third kappa shape index (κ3) is 23.3. The molecular formula is C62H113FN2O32. The van der Waals surface area contributed by atoms with Crippen LogP contribution in [0.3, 0.4) is 0 Å². The van der Waals surface area contributed by atoms with Gasteiger partial charge >= 0.3 is 0 Å². The molecule has 0 aromatic heterocycles. The highest BCUT2D eigenvalue weighted by Crippen LogP contribution is 2.37. The molecule has 6 heterocycles. The van der Waals surface area contributed by atoms with Gasteiger partial charge in [0.2, 0.25) is 11.8 Å². The highest BCUT2D eigenvalue weighted by molar-refractivity contribution is 5.87. The minimum atomic E-state index is -1.56. The Labute approximate surface area is 569 Å². The highest BCUT2D eigenvalue weighted by Gasteiger charge is 2.56. The summed E-state index contributed by atoms with van der Waals surface area (Å²) in [6.07, 6.45) is -20.1. The van der Waals surface area contributed by atoms with E-state index in [0.29, 0.717) is 6.61 Å². The zero-order chi connectivity index (χ0) is 73.5. The Morgan fingerprint density at radius 2 is 0.794 bits per heavy atom. The topological polar surface area (TPSA) is 392 Å². The quantitative estimate of drug-likeness (QED) is 0.0196. The molecule has 30 atom stereocenters. The van der Waals surface area contributed by atoms with Crippen LogP contribution in [0.25, 0.3) is 0 Å². The number of methoxy groups -OCH3 is 13. The molecule has 7 N–H and O–H groups in total. The van der Waals surface area contributed by atoms with E-state index in [1.54, 1.807) is 85.3 Å². The van der Waals surface area contributed by atoms with Gasteiger partial charge in [-0.2, -0.15) is 0 Å². The first kappa shape index (κ1) is 86.6. The van der Waals surface area contributed by atoms with Gasteiger partial charge in [0.25, 0.3) is 0 Å². The predicted molar refractivity (Wildman–Crippen MR) is 334 cm³/mol. The Morgan fingerprint density at radius 3 is 1.21 bits per heavy atom. The monoisotopic (exact) mass is 1420 g/mol. The Morgan fingerprint density at radius 1 is 0.443 bits per heavy atom. The maximum atomic E-state index is 11.8. The molecule has 0 saturated carbocycles. The Bertz CT molecular complexity index is 2190. The first-order valence-electron chi connectivity index (χ1n) is 32.1. The SMILES string of the molecule is C=CC(=O)N(C)COCC1OC(OC2C(COC)OC(C)C(OC)C2OC)C(OC)C(OC)C1OC.C=CC(=O)NCOCC1OC(OC2C(CO)OC(C)C(O)C2O)C(O)C(O)C1OC.COCC1OC(C)C(OC)C(OC)C1OC1OC(CO)C(OC)C(OC)C1OC.[2H]CF. The first-order valence-corrected chi connectivity index (χ1v) is 31.4. The minimum Gasteiger partial charge on any atom is -0.394 e. The number of carbonyl (C=O) groups excluding carboxylic acids is 2. The third-order valence-electron chi connectivity index (χ3n) is 17.3. The summed E-state index contributed by atoms with van der Waals surface area (Å²) in [5, 5.41) is 62.9. The van der Waals surface area contributed by atoms with Crippen molar-refractivity contribution in [2.75, 3.05) is 160 Å². The number of aliphatic hydroxyl groups is 6. The Hall–Kier alpha value is -2.85. The molecule has 0 bridgehead atoms. The van der Waals surface area contributed by atoms with E-state index in [1.165, 1.54) is 32.1 Å². The molecule has 2 amide bonds. The van der Waals surface area contributed by atoms with Crippen molar-refractivity contribution in [1.82, 2.24) is 10.2 Å². The van der Waals surface area contributed by atoms with Gasteiger partial charge in [0, 0.05) is 99.5 Å². The van der Waals surface area contributed by atoms with Gasteiger partial charge in [-0.25, -0.2) is 0 Å². The summed E-state index contributed by atoms with van der Waals surface area (Å²) in [6, 6.07) is 0. The fourth-order valence-electron chi connectivity index (χ4n) is 12.4. The maximum absolute atomic E-state index is 11.8. The molecule has 0 aromatic rings. The van der Waals surface area contributed by atoms with Gasteiger partial charge in [0.1, 0.15) is 160 Å². The standard InChI is InChI=1S/C24H43NO11.C19H36O10.C18H31NO11.CH3F/c1-10-17(26)25(3)13-33-12-16-19(29-6)22(31-8)23(32-9)24(35-16)36-20-15(11-27-4)34-14(2)18(28-5)21(20)30-7;1-10-13(22-3)16(24-5)15(12(27-10)9-21-2)29-19-18(26-7)17(25-6)14(23-4)11(8-20)28-19;1-4-11(21)19-7-27-6-10-16(26-3)14(24)15(25)18(29-10)30-17-9(5-20)28-8(2)12(22)13(17)23;1-2/h10,14-16,18-24H,1,11-13H2,2-9H3;10-20H,8-9H2,1-7H3;4,8-10,12-18,20,22-25H,1,5-7H2,2-3H3,(H,19,21);1H3/i;;;1D. The molecule has 0 aromatic carbocycles. The lowest BCUT2D eigenvalue weighted by Gasteiger charge is -2.49. The van der Waals surface area contributed by atoms with Gasteiger partial charge in [-0.05, 0) is 32.9 Å². The molecule has 97 heavy (non-hydrogen) atoms. The molecule has 35 heteroatoms. The van der Waals surface area contributed by atoms with Gasteiger partial charge in [-0.15, -0.1) is 0 Å². The fourth-order valence-corrected chi connectivity index (χ4v) is 12.4. The number of amides is 2. The maximum Gasteiger partial charge on any atom is 0.247 e. The van der Waals surface area contributed by atoms with Crippen molar-refractivity contribution in [3.63, 3.8) is 0 Å². The number of alkyl halides is 1. The second-order valence-corrected chi connectivity index (χ2v) is 23.0. The van der Waals surface area contributed by atoms with Crippen LogP contribution in [0.1, 0.15) is 22.1 Å². The Balaban J connectivity index is 0.000000377. The number of aliphatic hydroxyl groups excluding tert-OH is 6. The van der Waals surface area contributed by atoms with Crippen molar-refractivity contribution >= 4 is 11.8 Å². The van der Waals surface area contributed by atoms with Crippen molar-refractivity contribution in [3.8, 4) is 0 Å². The largest absolute Gasteiger partial charge is 0.394 e. The molecule has 6 rings (SSSR count). The number of nitrogens with one attached hydrogen (secondary N) is 1. The van der Waals surface area contributed by atoms with Crippen LogP contribution in [0.15, 0.2) is 25.3 Å². The van der Waals surface area contributed by atoms with E-state index in [1.807, 2.05) is 13.8 Å². The van der Waals surface area contributed by atoms with Crippen LogP contribution in [0.4, 0.5) is 4.39 Å². The van der Waals surface area contributed by atoms with Crippen molar-refractivity contribution in [1.29, 1.82) is 0 Å². The Kier molecular flexibility index (Phi) is 41.0. The average Bonchev–Trinajstić information content (AvgIpc) is 0.788. The summed E-state index contributed by atoms with van der Waals surface area (Å²) >= 11 is 0. The minimum absolute atomic E-state index is 0.0452. The van der Waals surface area contributed by atoms with Crippen molar-refractivity contribution < 1.29 is 160 Å². The number of hydrogen-bond acceptors (Lipinski definition) is 32. The van der Waals surface area contributed by atoms with Crippen LogP contribution in [-0.4, -0.2) is 391 Å². The number of nitrogens with zero attached hydrogens (tertiary/aromatic N) is 1. The fraction of sp³-hybridized carbons (Fsp3) is 0.903. The highest BCUT2D eigenvalue weighted by atomic mass is 19.1. The summed E-state index contributed by atoms with van der Waals surface area (Å²) < 4.78 is 153. The third-order valence-corrected chi connectivity index (χ3v) is 17.3. The van der Waals surface area contributed by atoms with E-state index < -0.39 is 179 Å². The number of hydrogen-bond donors (Lipinski definition) is 7. The van der Waals surface area contributed by atoms with Gasteiger partial charge in [-0.3, -0.25) is 14.0 Å². The van der Waals surface area contributed by atoms with E-state index in [2.05, 4.69) is 18.5 Å². The van der Waals surface area contributed by atoms with Crippen molar-refractivity contribution in [2.45, 2.75) is 204 Å². The summed E-state index contributed by atoms with van der Waals surface area (Å²) in [5.41, 5.74) is 0. The van der Waals surface area contributed by atoms with Gasteiger partial charge in [-0.1, -0.05) is 13.2 Å². The van der Waals surface area contributed by atoms with E-state index in [0.717, 1.165) is 6.08 Å². The van der Waals surface area contributed by atoms with Crippen molar-refractivity contribution in [2.24, 2.45) is 0 Å². The second-order valence-electron chi connectivity index (χ2n) is 23.0. The summed E-state index contributed by atoms with van der Waals surface area (Å²) in [6.45, 7) is 11.8. The summed E-state index contributed by atoms with van der Waals surface area (Å²) in [4.78, 5) is 24.3. The van der Waals surface area contributed by atoms with E-state index in [-0.39, 0.29) is 70.2 Å². The van der Waals surface area contributed by atoms with Crippen LogP contribution in [0, 0.1) is 0 Å². The summed E-state index contributed by atoms with van der Waals surface area (Å²) in [5.74, 6) is -0.694. The number of ether oxygens (including phenoxy) is 24. The molecule has 6 aliphatic heterocycles. The molecule has 34 nitrogen and oxygen atoms in total. The molecule has 6 saturated heterocycles. The van der Waals surface area contributed by atoms with Gasteiger partial charge in [0.15, 0.2) is 18.9 Å². The second kappa shape index (κ2) is 46.0. The van der Waals surface area contributed by atoms with E-state index in [9.17, 15) is 44.6 Å². The zero-order valence-electron chi connectivity index (χ0n) is 59.9. The van der Waals surface area contributed by atoms with Gasteiger partial charge in [0.05, 0.1) is 66.5 Å². The number of carbonyl (C=O) groups is 2. The molecular weight excluding hydrogens is 1300 g/mol. The summed E-state index contributed by atoms with van der Waals surface area (Å²) in [7, 11) is 20.8. The van der Waals surface area contributed by atoms with Crippen molar-refractivity contribution in [3.05, 3.63) is 25.3 Å². The van der Waals surface area contributed by atoms with E-state index in [4.69, 9.17) is 115 Å². The first-order chi connectivity index (χ1) is 47.0. The molecule has 570 valence electrons. The molecule has 0 aliphatic carbocycles. The van der Waals surface area contributed by atoms with Gasteiger partial charge < -0.3 is 155 Å². The zero-order valence-corrected chi connectivity index (χ0v) is 58.9. The van der Waals surface area contributed by atoms with Crippen LogP contribution in [0.2, 0.25) is 0 Å².